The van der Waals surface area contributed by atoms with E-state index in [1.807, 2.05) is 0 Å². The summed E-state index contributed by atoms with van der Waals surface area (Å²) in [5.41, 5.74) is 0. The Labute approximate surface area is 88.9 Å². The van der Waals surface area contributed by atoms with Crippen molar-refractivity contribution in [2.75, 3.05) is 13.1 Å². The highest BCUT2D eigenvalue weighted by atomic mass is 32.2. The van der Waals surface area contributed by atoms with E-state index in [0.29, 0.717) is 13.0 Å². The van der Waals surface area contributed by atoms with Crippen LogP contribution in [-0.4, -0.2) is 36.7 Å². The van der Waals surface area contributed by atoms with Crippen LogP contribution in [-0.2, 0) is 9.84 Å². The molecule has 0 spiro atoms. The summed E-state index contributed by atoms with van der Waals surface area (Å²) >= 11 is 0. The predicted molar refractivity (Wildman–Crippen MR) is 55.1 cm³/mol. The SMILES string of the molecule is O=S(=O)(c1cnccn1)C1CCCNC1. The van der Waals surface area contributed by atoms with Crippen LogP contribution >= 0.6 is 0 Å². The summed E-state index contributed by atoms with van der Waals surface area (Å²) in [6, 6.07) is 0. The molecule has 6 heteroatoms. The van der Waals surface area contributed by atoms with Crippen molar-refractivity contribution in [1.29, 1.82) is 0 Å². The Morgan fingerprint density at radius 1 is 1.40 bits per heavy atom. The van der Waals surface area contributed by atoms with E-state index in [1.54, 1.807) is 0 Å². The minimum absolute atomic E-state index is 0.0821. The van der Waals surface area contributed by atoms with Gasteiger partial charge >= 0.3 is 0 Å². The Bertz CT molecular complexity index is 412. The first-order valence-electron chi connectivity index (χ1n) is 4.92. The Morgan fingerprint density at radius 3 is 2.87 bits per heavy atom. The molecule has 1 fully saturated rings. The molecule has 82 valence electrons. The van der Waals surface area contributed by atoms with Gasteiger partial charge in [0.2, 0.25) is 9.84 Å². The second kappa shape index (κ2) is 4.24. The van der Waals surface area contributed by atoms with E-state index in [4.69, 9.17) is 0 Å². The molecule has 15 heavy (non-hydrogen) atoms. The normalized spacial score (nSPS) is 22.5. The molecule has 1 N–H and O–H groups in total. The number of aromatic nitrogens is 2. The van der Waals surface area contributed by atoms with Gasteiger partial charge in [-0.1, -0.05) is 0 Å². The van der Waals surface area contributed by atoms with Gasteiger partial charge in [-0.15, -0.1) is 0 Å². The number of sulfone groups is 1. The van der Waals surface area contributed by atoms with E-state index in [9.17, 15) is 8.42 Å². The number of rotatable bonds is 2. The summed E-state index contributed by atoms with van der Waals surface area (Å²) in [7, 11) is -3.30. The van der Waals surface area contributed by atoms with E-state index in [0.717, 1.165) is 13.0 Å². The highest BCUT2D eigenvalue weighted by molar-refractivity contribution is 7.92. The smallest absolute Gasteiger partial charge is 0.201 e. The standard InChI is InChI=1S/C9H13N3O2S/c13-15(14,8-2-1-3-10-6-8)9-7-11-4-5-12-9/h4-5,7-8,10H,1-3,6H2. The van der Waals surface area contributed by atoms with E-state index < -0.39 is 9.84 Å². The van der Waals surface area contributed by atoms with Gasteiger partial charge in [-0.3, -0.25) is 4.98 Å². The van der Waals surface area contributed by atoms with Crippen LogP contribution in [0.2, 0.25) is 0 Å². The van der Waals surface area contributed by atoms with Crippen LogP contribution < -0.4 is 5.32 Å². The predicted octanol–water partition coefficient (Wildman–Crippen LogP) is 0.00230. The number of nitrogens with zero attached hydrogens (tertiary/aromatic N) is 2. The Hall–Kier alpha value is -1.01. The van der Waals surface area contributed by atoms with Gasteiger partial charge in [0.05, 0.1) is 11.4 Å². The average molecular weight is 227 g/mol. The van der Waals surface area contributed by atoms with Gasteiger partial charge in [0.1, 0.15) is 0 Å². The van der Waals surface area contributed by atoms with Gasteiger partial charge in [-0.2, -0.15) is 0 Å². The molecule has 1 aromatic rings. The fourth-order valence-corrected chi connectivity index (χ4v) is 3.26. The molecule has 1 unspecified atom stereocenters. The number of hydrogen-bond acceptors (Lipinski definition) is 5. The van der Waals surface area contributed by atoms with E-state index >= 15 is 0 Å². The molecule has 0 radical (unpaired) electrons. The molecule has 5 nitrogen and oxygen atoms in total. The quantitative estimate of drug-likeness (QED) is 0.770. The second-order valence-corrected chi connectivity index (χ2v) is 5.73. The van der Waals surface area contributed by atoms with Crippen molar-refractivity contribution in [3.05, 3.63) is 18.6 Å². The molecule has 0 amide bonds. The maximum absolute atomic E-state index is 12.0. The maximum atomic E-state index is 12.0. The number of nitrogens with one attached hydrogen (secondary N) is 1. The molecular formula is C9H13N3O2S. The molecular weight excluding hydrogens is 214 g/mol. The molecule has 1 aromatic heterocycles. The van der Waals surface area contributed by atoms with Crippen molar-refractivity contribution in [3.8, 4) is 0 Å². The van der Waals surface area contributed by atoms with Crippen LogP contribution in [0.4, 0.5) is 0 Å². The largest absolute Gasteiger partial charge is 0.315 e. The summed E-state index contributed by atoms with van der Waals surface area (Å²) in [5.74, 6) is 0. The first kappa shape index (κ1) is 10.5. The fraction of sp³-hybridized carbons (Fsp3) is 0.556. The number of hydrogen-bond donors (Lipinski definition) is 1. The van der Waals surface area contributed by atoms with Gasteiger partial charge in [0.15, 0.2) is 5.03 Å². The Morgan fingerprint density at radius 2 is 2.27 bits per heavy atom. The van der Waals surface area contributed by atoms with Gasteiger partial charge in [0, 0.05) is 18.9 Å². The van der Waals surface area contributed by atoms with Crippen LogP contribution in [0.3, 0.4) is 0 Å². The van der Waals surface area contributed by atoms with Crippen LogP contribution in [0.1, 0.15) is 12.8 Å². The lowest BCUT2D eigenvalue weighted by Gasteiger charge is -2.21. The molecule has 1 saturated heterocycles. The van der Waals surface area contributed by atoms with Crippen molar-refractivity contribution >= 4 is 9.84 Å². The van der Waals surface area contributed by atoms with Gasteiger partial charge < -0.3 is 5.32 Å². The zero-order chi connectivity index (χ0) is 10.7. The highest BCUT2D eigenvalue weighted by Crippen LogP contribution is 2.18. The topological polar surface area (TPSA) is 72.0 Å². The molecule has 0 bridgehead atoms. The van der Waals surface area contributed by atoms with E-state index in [1.165, 1.54) is 18.6 Å². The minimum Gasteiger partial charge on any atom is -0.315 e. The van der Waals surface area contributed by atoms with Crippen molar-refractivity contribution in [3.63, 3.8) is 0 Å². The molecule has 1 atom stereocenters. The molecule has 0 saturated carbocycles. The summed E-state index contributed by atoms with van der Waals surface area (Å²) in [5, 5.41) is 2.81. The Balaban J connectivity index is 2.26. The van der Waals surface area contributed by atoms with Crippen LogP contribution in [0, 0.1) is 0 Å². The summed E-state index contributed by atoms with van der Waals surface area (Å²) in [4.78, 5) is 7.63. The molecule has 0 aliphatic carbocycles. The fourth-order valence-electron chi connectivity index (χ4n) is 1.69. The van der Waals surface area contributed by atoms with Crippen LogP contribution in [0.15, 0.2) is 23.6 Å². The third-order valence-electron chi connectivity index (χ3n) is 2.52. The zero-order valence-corrected chi connectivity index (χ0v) is 9.07. The summed E-state index contributed by atoms with van der Waals surface area (Å²) < 4.78 is 24.1. The van der Waals surface area contributed by atoms with E-state index in [-0.39, 0.29) is 10.3 Å². The van der Waals surface area contributed by atoms with Gasteiger partial charge in [-0.05, 0) is 19.4 Å². The van der Waals surface area contributed by atoms with Crippen molar-refractivity contribution in [2.24, 2.45) is 0 Å². The number of piperidine rings is 1. The lowest BCUT2D eigenvalue weighted by molar-refractivity contribution is 0.495. The molecule has 1 aliphatic heterocycles. The third-order valence-corrected chi connectivity index (χ3v) is 4.60. The third kappa shape index (κ3) is 2.15. The zero-order valence-electron chi connectivity index (χ0n) is 8.26. The van der Waals surface area contributed by atoms with Crippen molar-refractivity contribution in [2.45, 2.75) is 23.1 Å². The minimum atomic E-state index is -3.30. The highest BCUT2D eigenvalue weighted by Gasteiger charge is 2.29. The summed E-state index contributed by atoms with van der Waals surface area (Å²) in [6.45, 7) is 1.41. The first-order chi connectivity index (χ1) is 7.21. The maximum Gasteiger partial charge on any atom is 0.201 e. The van der Waals surface area contributed by atoms with Gasteiger partial charge in [0.25, 0.3) is 0 Å². The Kier molecular flexibility index (Phi) is 2.97. The average Bonchev–Trinajstić information content (AvgIpc) is 2.31. The van der Waals surface area contributed by atoms with Crippen molar-refractivity contribution in [1.82, 2.24) is 15.3 Å². The molecule has 0 aromatic carbocycles. The van der Waals surface area contributed by atoms with Gasteiger partial charge in [-0.25, -0.2) is 13.4 Å². The monoisotopic (exact) mass is 227 g/mol. The second-order valence-electron chi connectivity index (χ2n) is 3.56. The van der Waals surface area contributed by atoms with Crippen LogP contribution in [0.5, 0.6) is 0 Å². The van der Waals surface area contributed by atoms with E-state index in [2.05, 4.69) is 15.3 Å². The van der Waals surface area contributed by atoms with Crippen LogP contribution in [0.25, 0.3) is 0 Å². The lowest BCUT2D eigenvalue weighted by atomic mass is 10.2. The first-order valence-corrected chi connectivity index (χ1v) is 6.46. The molecule has 2 heterocycles. The van der Waals surface area contributed by atoms with Crippen molar-refractivity contribution < 1.29 is 8.42 Å². The molecule has 1 aliphatic rings. The summed E-state index contributed by atoms with van der Waals surface area (Å²) in [6.07, 6.45) is 5.78. The molecule has 2 rings (SSSR count). The lowest BCUT2D eigenvalue weighted by Crippen LogP contribution is -2.39.